The van der Waals surface area contributed by atoms with Gasteiger partial charge in [0.15, 0.2) is 0 Å². The highest BCUT2D eigenvalue weighted by molar-refractivity contribution is 5.94. The number of piperazine rings is 1. The lowest BCUT2D eigenvalue weighted by Gasteiger charge is -2.32. The lowest BCUT2D eigenvalue weighted by molar-refractivity contribution is 0.0929. The maximum absolute atomic E-state index is 12.4. The zero-order valence-electron chi connectivity index (χ0n) is 14.1. The molecule has 1 aromatic carbocycles. The number of amides is 1. The highest BCUT2D eigenvalue weighted by atomic mass is 16.1. The molecule has 2 N–H and O–H groups in total. The number of hydrogen-bond donors (Lipinski definition) is 2. The van der Waals surface area contributed by atoms with Crippen LogP contribution in [0.4, 0.5) is 0 Å². The highest BCUT2D eigenvalue weighted by Gasteiger charge is 2.17. The van der Waals surface area contributed by atoms with E-state index in [1.807, 2.05) is 12.1 Å². The van der Waals surface area contributed by atoms with Crippen LogP contribution >= 0.6 is 0 Å². The molecule has 0 aliphatic carbocycles. The summed E-state index contributed by atoms with van der Waals surface area (Å²) < 4.78 is 0. The zero-order valence-corrected chi connectivity index (χ0v) is 14.1. The van der Waals surface area contributed by atoms with E-state index in [-0.39, 0.29) is 5.91 Å². The van der Waals surface area contributed by atoms with Crippen LogP contribution in [0.25, 0.3) is 0 Å². The van der Waals surface area contributed by atoms with Gasteiger partial charge in [-0.2, -0.15) is 0 Å². The summed E-state index contributed by atoms with van der Waals surface area (Å²) in [6, 6.07) is 8.41. The van der Waals surface area contributed by atoms with Crippen LogP contribution in [0, 0.1) is 0 Å². The summed E-state index contributed by atoms with van der Waals surface area (Å²) in [5.74, 6) is 0.0668. The summed E-state index contributed by atoms with van der Waals surface area (Å²) in [6.07, 6.45) is 2.04. The van der Waals surface area contributed by atoms with Crippen LogP contribution in [-0.4, -0.2) is 68.1 Å². The third kappa shape index (κ3) is 4.77. The van der Waals surface area contributed by atoms with Crippen molar-refractivity contribution in [3.8, 4) is 0 Å². The van der Waals surface area contributed by atoms with Gasteiger partial charge in [0, 0.05) is 44.3 Å². The number of rotatable bonds is 4. The minimum absolute atomic E-state index is 0.0668. The Morgan fingerprint density at radius 3 is 2.70 bits per heavy atom. The Bertz CT molecular complexity index is 520. The number of nitrogens with zero attached hydrogens (tertiary/aromatic N) is 2. The normalized spacial score (nSPS) is 21.3. The predicted molar refractivity (Wildman–Crippen MR) is 92.6 cm³/mol. The molecule has 3 rings (SSSR count). The maximum Gasteiger partial charge on any atom is 0.251 e. The summed E-state index contributed by atoms with van der Waals surface area (Å²) in [5.41, 5.74) is 2.02. The van der Waals surface area contributed by atoms with Crippen molar-refractivity contribution >= 4 is 5.91 Å². The van der Waals surface area contributed by atoms with Gasteiger partial charge in [0.05, 0.1) is 0 Å². The summed E-state index contributed by atoms with van der Waals surface area (Å²) in [5, 5.41) is 6.50. The van der Waals surface area contributed by atoms with Gasteiger partial charge >= 0.3 is 0 Å². The molecule has 2 fully saturated rings. The SMILES string of the molecule is CN1CCN(Cc2cccc(C(=O)NC3CCNCC3)c2)CC1. The Balaban J connectivity index is 1.56. The van der Waals surface area contributed by atoms with E-state index in [1.54, 1.807) is 0 Å². The van der Waals surface area contributed by atoms with Crippen LogP contribution in [-0.2, 0) is 6.54 Å². The van der Waals surface area contributed by atoms with Gasteiger partial charge in [0.2, 0.25) is 0 Å². The molecule has 2 aliphatic rings. The fourth-order valence-electron chi connectivity index (χ4n) is 3.31. The molecule has 0 saturated carbocycles. The molecule has 0 aromatic heterocycles. The van der Waals surface area contributed by atoms with Crippen molar-refractivity contribution in [1.82, 2.24) is 20.4 Å². The van der Waals surface area contributed by atoms with Crippen LogP contribution in [0.3, 0.4) is 0 Å². The Morgan fingerprint density at radius 1 is 1.22 bits per heavy atom. The number of likely N-dealkylation sites (N-methyl/N-ethyl adjacent to an activating group) is 1. The van der Waals surface area contributed by atoms with Gasteiger partial charge in [-0.3, -0.25) is 9.69 Å². The van der Waals surface area contributed by atoms with E-state index in [1.165, 1.54) is 5.56 Å². The van der Waals surface area contributed by atoms with Crippen LogP contribution < -0.4 is 10.6 Å². The second kappa shape index (κ2) is 7.90. The molecule has 1 amide bonds. The first-order chi connectivity index (χ1) is 11.2. The van der Waals surface area contributed by atoms with Crippen LogP contribution in [0.5, 0.6) is 0 Å². The largest absolute Gasteiger partial charge is 0.349 e. The van der Waals surface area contributed by atoms with Crippen LogP contribution in [0.15, 0.2) is 24.3 Å². The monoisotopic (exact) mass is 316 g/mol. The molecule has 2 heterocycles. The fourth-order valence-corrected chi connectivity index (χ4v) is 3.31. The van der Waals surface area contributed by atoms with Gasteiger partial charge in [-0.05, 0) is 50.7 Å². The minimum Gasteiger partial charge on any atom is -0.349 e. The third-order valence-electron chi connectivity index (χ3n) is 4.87. The molecule has 0 unspecified atom stereocenters. The molecule has 5 nitrogen and oxygen atoms in total. The minimum atomic E-state index is 0.0668. The van der Waals surface area contributed by atoms with Crippen LogP contribution in [0.2, 0.25) is 0 Å². The van der Waals surface area contributed by atoms with Crippen molar-refractivity contribution in [3.63, 3.8) is 0 Å². The topological polar surface area (TPSA) is 47.6 Å². The van der Waals surface area contributed by atoms with Gasteiger partial charge < -0.3 is 15.5 Å². The number of nitrogens with one attached hydrogen (secondary N) is 2. The summed E-state index contributed by atoms with van der Waals surface area (Å²) in [4.78, 5) is 17.3. The second-order valence-corrected chi connectivity index (χ2v) is 6.78. The van der Waals surface area contributed by atoms with E-state index >= 15 is 0 Å². The molecule has 0 radical (unpaired) electrons. The van der Waals surface area contributed by atoms with Gasteiger partial charge in [-0.25, -0.2) is 0 Å². The molecule has 5 heteroatoms. The highest BCUT2D eigenvalue weighted by Crippen LogP contribution is 2.11. The number of carbonyl (C=O) groups excluding carboxylic acids is 1. The fraction of sp³-hybridized carbons (Fsp3) is 0.611. The van der Waals surface area contributed by atoms with Crippen molar-refractivity contribution in [3.05, 3.63) is 35.4 Å². The average molecular weight is 316 g/mol. The van der Waals surface area contributed by atoms with E-state index in [9.17, 15) is 4.79 Å². The molecular formula is C18H28N4O. The van der Waals surface area contributed by atoms with Crippen molar-refractivity contribution in [2.45, 2.75) is 25.4 Å². The van der Waals surface area contributed by atoms with Gasteiger partial charge in [-0.1, -0.05) is 12.1 Å². The van der Waals surface area contributed by atoms with Crippen molar-refractivity contribution < 1.29 is 4.79 Å². The van der Waals surface area contributed by atoms with E-state index in [0.29, 0.717) is 6.04 Å². The van der Waals surface area contributed by atoms with Crippen LogP contribution in [0.1, 0.15) is 28.8 Å². The second-order valence-electron chi connectivity index (χ2n) is 6.78. The smallest absolute Gasteiger partial charge is 0.251 e. The molecule has 0 spiro atoms. The van der Waals surface area contributed by atoms with Gasteiger partial charge in [0.1, 0.15) is 0 Å². The molecule has 0 atom stereocenters. The molecule has 2 saturated heterocycles. The van der Waals surface area contributed by atoms with E-state index in [0.717, 1.165) is 64.2 Å². The number of piperidine rings is 1. The third-order valence-corrected chi connectivity index (χ3v) is 4.87. The summed E-state index contributed by atoms with van der Waals surface area (Å²) in [7, 11) is 2.17. The number of carbonyl (C=O) groups is 1. The summed E-state index contributed by atoms with van der Waals surface area (Å²) >= 11 is 0. The Hall–Kier alpha value is -1.43. The van der Waals surface area contributed by atoms with Crippen molar-refractivity contribution in [1.29, 1.82) is 0 Å². The van der Waals surface area contributed by atoms with Crippen molar-refractivity contribution in [2.24, 2.45) is 0 Å². The number of hydrogen-bond acceptors (Lipinski definition) is 4. The first-order valence-electron chi connectivity index (χ1n) is 8.72. The Kier molecular flexibility index (Phi) is 5.65. The standard InChI is InChI=1S/C18H28N4O/c1-21-9-11-22(12-10-21)14-15-3-2-4-16(13-15)18(23)20-17-5-7-19-8-6-17/h2-4,13,17,19H,5-12,14H2,1H3,(H,20,23). The first-order valence-corrected chi connectivity index (χ1v) is 8.72. The lowest BCUT2D eigenvalue weighted by Crippen LogP contribution is -2.44. The molecular weight excluding hydrogens is 288 g/mol. The predicted octanol–water partition coefficient (Wildman–Crippen LogP) is 0.916. The maximum atomic E-state index is 12.4. The van der Waals surface area contributed by atoms with Crippen molar-refractivity contribution in [2.75, 3.05) is 46.3 Å². The average Bonchev–Trinajstić information content (AvgIpc) is 2.58. The molecule has 2 aliphatic heterocycles. The van der Waals surface area contributed by atoms with E-state index < -0.39 is 0 Å². The molecule has 23 heavy (non-hydrogen) atoms. The zero-order chi connectivity index (χ0) is 16.1. The summed E-state index contributed by atoms with van der Waals surface area (Å²) in [6.45, 7) is 7.36. The van der Waals surface area contributed by atoms with E-state index in [4.69, 9.17) is 0 Å². The first kappa shape index (κ1) is 16.4. The van der Waals surface area contributed by atoms with Gasteiger partial charge in [0.25, 0.3) is 5.91 Å². The molecule has 0 bridgehead atoms. The Labute approximate surface area is 139 Å². The molecule has 1 aromatic rings. The lowest BCUT2D eigenvalue weighted by atomic mass is 10.1. The Morgan fingerprint density at radius 2 is 1.96 bits per heavy atom. The van der Waals surface area contributed by atoms with Gasteiger partial charge in [-0.15, -0.1) is 0 Å². The molecule has 126 valence electrons. The number of benzene rings is 1. The van der Waals surface area contributed by atoms with E-state index in [2.05, 4.69) is 39.6 Å². The quantitative estimate of drug-likeness (QED) is 0.867.